The summed E-state index contributed by atoms with van der Waals surface area (Å²) in [4.78, 5) is 0. The largest absolute Gasteiger partial charge is 0.366 e. The van der Waals surface area contributed by atoms with Gasteiger partial charge in [-0.25, -0.2) is 0 Å². The summed E-state index contributed by atoms with van der Waals surface area (Å²) in [5.74, 6) is 0.431. The van der Waals surface area contributed by atoms with Crippen LogP contribution in [0.2, 0.25) is 0 Å². The lowest BCUT2D eigenvalue weighted by molar-refractivity contribution is 0.917. The number of thiophene rings is 1. The molecular formula is C14H15ClN2S. The topological polar surface area (TPSA) is 35.9 Å². The Morgan fingerprint density at radius 2 is 2.00 bits per heavy atom. The Labute approximate surface area is 117 Å². The predicted molar refractivity (Wildman–Crippen MR) is 81.6 cm³/mol. The Balaban J connectivity index is 0.00000162. The van der Waals surface area contributed by atoms with Gasteiger partial charge in [-0.1, -0.05) is 36.4 Å². The van der Waals surface area contributed by atoms with Crippen molar-refractivity contribution in [2.75, 3.05) is 0 Å². The molecule has 4 heteroatoms. The Bertz CT molecular complexity index is 492. The van der Waals surface area contributed by atoms with E-state index >= 15 is 0 Å². The smallest absolute Gasteiger partial charge is 0.118 e. The lowest BCUT2D eigenvalue weighted by atomic mass is 10.2. The molecule has 2 aromatic rings. The third kappa shape index (κ3) is 4.73. The summed E-state index contributed by atoms with van der Waals surface area (Å²) in [6.07, 6.45) is 3.71. The second-order valence-corrected chi connectivity index (χ2v) is 4.42. The molecule has 0 aliphatic carbocycles. The Hall–Kier alpha value is -1.58. The van der Waals surface area contributed by atoms with Gasteiger partial charge in [-0.05, 0) is 34.0 Å². The van der Waals surface area contributed by atoms with Crippen LogP contribution >= 0.6 is 23.7 Å². The predicted octanol–water partition coefficient (Wildman–Crippen LogP) is 3.95. The van der Waals surface area contributed by atoms with Crippen LogP contribution in [-0.2, 0) is 6.54 Å². The van der Waals surface area contributed by atoms with Gasteiger partial charge in [0.25, 0.3) is 0 Å². The third-order valence-electron chi connectivity index (χ3n) is 2.31. The minimum absolute atomic E-state index is 0. The van der Waals surface area contributed by atoms with Crippen LogP contribution in [0, 0.1) is 5.41 Å². The van der Waals surface area contributed by atoms with Crippen molar-refractivity contribution in [3.05, 3.63) is 64.4 Å². The van der Waals surface area contributed by atoms with Crippen molar-refractivity contribution >= 4 is 35.7 Å². The fraction of sp³-hybridized carbons (Fsp3) is 0.0714. The summed E-state index contributed by atoms with van der Waals surface area (Å²) in [5.41, 5.74) is 2.32. The molecule has 1 heterocycles. The van der Waals surface area contributed by atoms with Crippen LogP contribution in [-0.4, -0.2) is 5.84 Å². The lowest BCUT2D eigenvalue weighted by Crippen LogP contribution is -2.19. The van der Waals surface area contributed by atoms with E-state index in [0.717, 1.165) is 5.56 Å². The molecule has 0 radical (unpaired) electrons. The standard InChI is InChI=1S/C14H14N2S.ClH/c15-14(16-10-13-8-9-17-11-13)7-6-12-4-2-1-3-5-12;/h1-9,11H,10H2,(H2,15,16);1H/b7-6+;. The fourth-order valence-corrected chi connectivity index (χ4v) is 2.06. The highest BCUT2D eigenvalue weighted by atomic mass is 35.5. The van der Waals surface area contributed by atoms with Crippen molar-refractivity contribution in [1.82, 2.24) is 5.32 Å². The van der Waals surface area contributed by atoms with Crippen molar-refractivity contribution in [1.29, 1.82) is 5.41 Å². The minimum Gasteiger partial charge on any atom is -0.366 e. The van der Waals surface area contributed by atoms with Crippen LogP contribution in [0.5, 0.6) is 0 Å². The summed E-state index contributed by atoms with van der Waals surface area (Å²) in [6, 6.07) is 12.1. The van der Waals surface area contributed by atoms with Gasteiger partial charge < -0.3 is 5.32 Å². The highest BCUT2D eigenvalue weighted by Crippen LogP contribution is 2.05. The van der Waals surface area contributed by atoms with Gasteiger partial charge in [-0.15, -0.1) is 12.4 Å². The molecule has 0 unspecified atom stereocenters. The number of nitrogens with one attached hydrogen (secondary N) is 2. The molecule has 2 nitrogen and oxygen atoms in total. The molecule has 0 aliphatic heterocycles. The number of halogens is 1. The molecule has 0 amide bonds. The van der Waals surface area contributed by atoms with Gasteiger partial charge in [0.05, 0.1) is 0 Å². The molecule has 2 N–H and O–H groups in total. The maximum Gasteiger partial charge on any atom is 0.118 e. The van der Waals surface area contributed by atoms with Gasteiger partial charge in [0, 0.05) is 6.54 Å². The molecule has 0 aliphatic rings. The Kier molecular flexibility index (Phi) is 6.19. The van der Waals surface area contributed by atoms with Crippen LogP contribution < -0.4 is 5.32 Å². The summed E-state index contributed by atoms with van der Waals surface area (Å²) >= 11 is 1.67. The van der Waals surface area contributed by atoms with E-state index in [1.165, 1.54) is 5.56 Å². The van der Waals surface area contributed by atoms with Crippen molar-refractivity contribution in [3.8, 4) is 0 Å². The number of rotatable bonds is 4. The van der Waals surface area contributed by atoms with E-state index in [1.807, 2.05) is 41.8 Å². The Morgan fingerprint density at radius 1 is 1.22 bits per heavy atom. The molecule has 0 atom stereocenters. The summed E-state index contributed by atoms with van der Waals surface area (Å²) in [7, 11) is 0. The van der Waals surface area contributed by atoms with E-state index in [0.29, 0.717) is 12.4 Å². The molecule has 0 saturated carbocycles. The lowest BCUT2D eigenvalue weighted by Gasteiger charge is -2.01. The zero-order valence-electron chi connectivity index (χ0n) is 9.80. The van der Waals surface area contributed by atoms with E-state index in [9.17, 15) is 0 Å². The molecule has 0 fully saturated rings. The van der Waals surface area contributed by atoms with Crippen LogP contribution in [0.3, 0.4) is 0 Å². The van der Waals surface area contributed by atoms with Gasteiger partial charge in [0.15, 0.2) is 0 Å². The van der Waals surface area contributed by atoms with Crippen molar-refractivity contribution in [2.45, 2.75) is 6.54 Å². The van der Waals surface area contributed by atoms with Gasteiger partial charge in [-0.3, -0.25) is 5.41 Å². The average Bonchev–Trinajstić information content (AvgIpc) is 2.88. The normalized spacial score (nSPS) is 10.0. The first-order chi connectivity index (χ1) is 8.34. The number of hydrogen-bond acceptors (Lipinski definition) is 2. The first-order valence-corrected chi connectivity index (χ1v) is 6.35. The molecule has 0 bridgehead atoms. The van der Waals surface area contributed by atoms with E-state index in [2.05, 4.69) is 16.8 Å². The zero-order valence-corrected chi connectivity index (χ0v) is 11.4. The van der Waals surface area contributed by atoms with E-state index < -0.39 is 0 Å². The summed E-state index contributed by atoms with van der Waals surface area (Å²) in [5, 5.41) is 14.9. The van der Waals surface area contributed by atoms with E-state index in [-0.39, 0.29) is 12.4 Å². The Morgan fingerprint density at radius 3 is 2.67 bits per heavy atom. The van der Waals surface area contributed by atoms with Crippen LogP contribution in [0.25, 0.3) is 6.08 Å². The maximum absolute atomic E-state index is 7.75. The van der Waals surface area contributed by atoms with Crippen molar-refractivity contribution in [3.63, 3.8) is 0 Å². The molecular weight excluding hydrogens is 264 g/mol. The SMILES string of the molecule is Cl.N=C(/C=C/c1ccccc1)NCc1ccsc1. The highest BCUT2D eigenvalue weighted by Gasteiger charge is 1.93. The zero-order chi connectivity index (χ0) is 11.9. The molecule has 18 heavy (non-hydrogen) atoms. The third-order valence-corrected chi connectivity index (χ3v) is 3.04. The van der Waals surface area contributed by atoms with Crippen molar-refractivity contribution < 1.29 is 0 Å². The van der Waals surface area contributed by atoms with Gasteiger partial charge in [0.1, 0.15) is 5.84 Å². The maximum atomic E-state index is 7.75. The summed E-state index contributed by atoms with van der Waals surface area (Å²) < 4.78 is 0. The molecule has 94 valence electrons. The second kappa shape index (κ2) is 7.69. The second-order valence-electron chi connectivity index (χ2n) is 3.64. The monoisotopic (exact) mass is 278 g/mol. The van der Waals surface area contributed by atoms with E-state index in [1.54, 1.807) is 17.4 Å². The van der Waals surface area contributed by atoms with Crippen LogP contribution in [0.4, 0.5) is 0 Å². The van der Waals surface area contributed by atoms with Crippen LogP contribution in [0.1, 0.15) is 11.1 Å². The minimum atomic E-state index is 0. The first-order valence-electron chi connectivity index (χ1n) is 5.41. The first kappa shape index (κ1) is 14.5. The molecule has 2 rings (SSSR count). The number of hydrogen-bond donors (Lipinski definition) is 2. The molecule has 1 aromatic heterocycles. The molecule has 0 spiro atoms. The number of amidine groups is 1. The number of benzene rings is 1. The van der Waals surface area contributed by atoms with Gasteiger partial charge >= 0.3 is 0 Å². The van der Waals surface area contributed by atoms with Gasteiger partial charge in [-0.2, -0.15) is 11.3 Å². The molecule has 0 saturated heterocycles. The van der Waals surface area contributed by atoms with Gasteiger partial charge in [0.2, 0.25) is 0 Å². The summed E-state index contributed by atoms with van der Waals surface area (Å²) in [6.45, 7) is 0.710. The fourth-order valence-electron chi connectivity index (χ4n) is 1.39. The van der Waals surface area contributed by atoms with Crippen molar-refractivity contribution in [2.24, 2.45) is 0 Å². The molecule has 1 aromatic carbocycles. The highest BCUT2D eigenvalue weighted by molar-refractivity contribution is 7.07. The van der Waals surface area contributed by atoms with Crippen LogP contribution in [0.15, 0.2) is 53.2 Å². The quantitative estimate of drug-likeness (QED) is 0.645. The van der Waals surface area contributed by atoms with E-state index in [4.69, 9.17) is 5.41 Å². The average molecular weight is 279 g/mol.